The quantitative estimate of drug-likeness (QED) is 0.754. The lowest BCUT2D eigenvalue weighted by atomic mass is 10.1. The van der Waals surface area contributed by atoms with Crippen molar-refractivity contribution in [3.8, 4) is 11.5 Å². The van der Waals surface area contributed by atoms with Crippen LogP contribution in [0.4, 0.5) is 0 Å². The van der Waals surface area contributed by atoms with Crippen molar-refractivity contribution < 1.29 is 14.3 Å². The summed E-state index contributed by atoms with van der Waals surface area (Å²) >= 11 is 0. The van der Waals surface area contributed by atoms with Gasteiger partial charge in [-0.25, -0.2) is 0 Å². The van der Waals surface area contributed by atoms with Crippen molar-refractivity contribution in [3.05, 3.63) is 23.8 Å². The monoisotopic (exact) mass is 294 g/mol. The maximum Gasteiger partial charge on any atom is 0.260 e. The molecule has 0 aromatic heterocycles. The Balaban J connectivity index is 2.77. The third kappa shape index (κ3) is 5.63. The lowest BCUT2D eigenvalue weighted by molar-refractivity contribution is -0.131. The van der Waals surface area contributed by atoms with Gasteiger partial charge in [-0.2, -0.15) is 0 Å². The van der Waals surface area contributed by atoms with E-state index in [1.807, 2.05) is 25.1 Å². The number of ether oxygens (including phenoxy) is 2. The molecule has 1 amide bonds. The Labute approximate surface area is 127 Å². The fourth-order valence-corrected chi connectivity index (χ4v) is 1.77. The fourth-order valence-electron chi connectivity index (χ4n) is 1.77. The normalized spacial score (nSPS) is 10.3. The molecule has 0 fully saturated rings. The smallest absolute Gasteiger partial charge is 0.260 e. The minimum Gasteiger partial charge on any atom is -0.493 e. The zero-order valence-electron chi connectivity index (χ0n) is 13.2. The molecule has 21 heavy (non-hydrogen) atoms. The van der Waals surface area contributed by atoms with E-state index in [0.717, 1.165) is 17.7 Å². The predicted molar refractivity (Wildman–Crippen MR) is 83.8 cm³/mol. The van der Waals surface area contributed by atoms with Crippen molar-refractivity contribution >= 4 is 5.91 Å². The first-order valence-corrected chi connectivity index (χ1v) is 7.44. The van der Waals surface area contributed by atoms with E-state index in [4.69, 9.17) is 15.2 Å². The zero-order chi connectivity index (χ0) is 15.7. The summed E-state index contributed by atoms with van der Waals surface area (Å²) in [4.78, 5) is 13.4. The van der Waals surface area contributed by atoms with E-state index < -0.39 is 0 Å². The van der Waals surface area contributed by atoms with Crippen LogP contribution in [0.15, 0.2) is 18.2 Å². The Bertz CT molecular complexity index is 449. The van der Waals surface area contributed by atoms with Crippen molar-refractivity contribution in [1.82, 2.24) is 4.90 Å². The van der Waals surface area contributed by atoms with Gasteiger partial charge in [0.05, 0.1) is 6.61 Å². The Morgan fingerprint density at radius 3 is 2.67 bits per heavy atom. The lowest BCUT2D eigenvalue weighted by Gasteiger charge is -2.17. The number of hydrogen-bond acceptors (Lipinski definition) is 4. The SMILES string of the molecule is CCCOc1ccc(CCN)c(OCC(=O)N(C)CC)c1. The van der Waals surface area contributed by atoms with Crippen LogP contribution < -0.4 is 15.2 Å². The molecular weight excluding hydrogens is 268 g/mol. The van der Waals surface area contributed by atoms with E-state index in [9.17, 15) is 4.79 Å². The van der Waals surface area contributed by atoms with E-state index in [-0.39, 0.29) is 12.5 Å². The van der Waals surface area contributed by atoms with Crippen LogP contribution in [-0.4, -0.2) is 44.2 Å². The van der Waals surface area contributed by atoms with Crippen molar-refractivity contribution in [2.45, 2.75) is 26.7 Å². The molecule has 0 unspecified atom stereocenters. The largest absolute Gasteiger partial charge is 0.493 e. The van der Waals surface area contributed by atoms with Gasteiger partial charge in [0.2, 0.25) is 0 Å². The first kappa shape index (κ1) is 17.3. The second-order valence-corrected chi connectivity index (χ2v) is 4.85. The number of hydrogen-bond donors (Lipinski definition) is 1. The minimum absolute atomic E-state index is 0.0269. The van der Waals surface area contributed by atoms with E-state index >= 15 is 0 Å². The molecule has 0 spiro atoms. The predicted octanol–water partition coefficient (Wildman–Crippen LogP) is 1.83. The molecule has 0 aliphatic carbocycles. The molecule has 0 radical (unpaired) electrons. The molecule has 118 valence electrons. The van der Waals surface area contributed by atoms with Crippen LogP contribution in [0.3, 0.4) is 0 Å². The lowest BCUT2D eigenvalue weighted by Crippen LogP contribution is -2.31. The number of likely N-dealkylation sites (N-methyl/N-ethyl adjacent to an activating group) is 1. The highest BCUT2D eigenvalue weighted by Gasteiger charge is 2.11. The number of nitrogens with zero attached hydrogens (tertiary/aromatic N) is 1. The second-order valence-electron chi connectivity index (χ2n) is 4.85. The average Bonchev–Trinajstić information content (AvgIpc) is 2.51. The first-order valence-electron chi connectivity index (χ1n) is 7.44. The maximum absolute atomic E-state index is 11.8. The maximum atomic E-state index is 11.8. The van der Waals surface area contributed by atoms with Crippen LogP contribution in [-0.2, 0) is 11.2 Å². The topological polar surface area (TPSA) is 64.8 Å². The van der Waals surface area contributed by atoms with Crippen LogP contribution in [0, 0.1) is 0 Å². The van der Waals surface area contributed by atoms with Crippen molar-refractivity contribution in [2.75, 3.05) is 33.4 Å². The molecule has 0 aliphatic rings. The summed E-state index contributed by atoms with van der Waals surface area (Å²) in [5, 5.41) is 0. The van der Waals surface area contributed by atoms with Crippen LogP contribution in [0.25, 0.3) is 0 Å². The summed E-state index contributed by atoms with van der Waals surface area (Å²) in [6.45, 7) is 5.87. The number of nitrogens with two attached hydrogens (primary N) is 1. The highest BCUT2D eigenvalue weighted by Crippen LogP contribution is 2.25. The van der Waals surface area contributed by atoms with Crippen LogP contribution in [0.2, 0.25) is 0 Å². The molecule has 0 saturated heterocycles. The molecule has 0 saturated carbocycles. The highest BCUT2D eigenvalue weighted by molar-refractivity contribution is 5.77. The highest BCUT2D eigenvalue weighted by atomic mass is 16.5. The Morgan fingerprint density at radius 1 is 1.29 bits per heavy atom. The second kappa shape index (κ2) is 9.23. The molecule has 1 aromatic rings. The van der Waals surface area contributed by atoms with Crippen LogP contribution in [0.1, 0.15) is 25.8 Å². The van der Waals surface area contributed by atoms with Crippen molar-refractivity contribution in [3.63, 3.8) is 0 Å². The van der Waals surface area contributed by atoms with Crippen LogP contribution >= 0.6 is 0 Å². The summed E-state index contributed by atoms with van der Waals surface area (Å²) in [7, 11) is 1.76. The van der Waals surface area contributed by atoms with Gasteiger partial charge in [0.1, 0.15) is 11.5 Å². The van der Waals surface area contributed by atoms with Gasteiger partial charge in [-0.15, -0.1) is 0 Å². The minimum atomic E-state index is -0.0453. The Hall–Kier alpha value is -1.75. The standard InChI is InChI=1S/C16H26N2O3/c1-4-10-20-14-7-6-13(8-9-17)15(11-14)21-12-16(19)18(3)5-2/h6-7,11H,4-5,8-10,12,17H2,1-3H3. The number of carbonyl (C=O) groups is 1. The average molecular weight is 294 g/mol. The number of benzene rings is 1. The molecular formula is C16H26N2O3. The third-order valence-electron chi connectivity index (χ3n) is 3.18. The van der Waals surface area contributed by atoms with E-state index in [1.165, 1.54) is 0 Å². The van der Waals surface area contributed by atoms with Crippen molar-refractivity contribution in [2.24, 2.45) is 5.73 Å². The van der Waals surface area contributed by atoms with Crippen molar-refractivity contribution in [1.29, 1.82) is 0 Å². The van der Waals surface area contributed by atoms with Crippen LogP contribution in [0.5, 0.6) is 11.5 Å². The summed E-state index contributed by atoms with van der Waals surface area (Å²) < 4.78 is 11.3. The molecule has 1 rings (SSSR count). The summed E-state index contributed by atoms with van der Waals surface area (Å²) in [6.07, 6.45) is 1.65. The number of amides is 1. The van der Waals surface area contributed by atoms with Gasteiger partial charge in [-0.1, -0.05) is 13.0 Å². The Morgan fingerprint density at radius 2 is 2.05 bits per heavy atom. The van der Waals surface area contributed by atoms with E-state index in [2.05, 4.69) is 6.92 Å². The molecule has 2 N–H and O–H groups in total. The molecule has 0 bridgehead atoms. The molecule has 5 heteroatoms. The summed E-state index contributed by atoms with van der Waals surface area (Å²) in [5.41, 5.74) is 6.61. The van der Waals surface area contributed by atoms with Gasteiger partial charge in [0.15, 0.2) is 6.61 Å². The summed E-state index contributed by atoms with van der Waals surface area (Å²) in [5.74, 6) is 1.38. The van der Waals surface area contributed by atoms with Gasteiger partial charge in [-0.3, -0.25) is 4.79 Å². The van der Waals surface area contributed by atoms with E-state index in [0.29, 0.717) is 31.9 Å². The first-order chi connectivity index (χ1) is 10.1. The van der Waals surface area contributed by atoms with E-state index in [1.54, 1.807) is 11.9 Å². The third-order valence-corrected chi connectivity index (χ3v) is 3.18. The van der Waals surface area contributed by atoms with Gasteiger partial charge in [0.25, 0.3) is 5.91 Å². The number of carbonyl (C=O) groups excluding carboxylic acids is 1. The molecule has 0 atom stereocenters. The molecule has 0 aliphatic heterocycles. The molecule has 1 aromatic carbocycles. The van der Waals surface area contributed by atoms with Gasteiger partial charge in [-0.05, 0) is 37.9 Å². The Kier molecular flexibility index (Phi) is 7.61. The van der Waals surface area contributed by atoms with Gasteiger partial charge < -0.3 is 20.1 Å². The fraction of sp³-hybridized carbons (Fsp3) is 0.562. The van der Waals surface area contributed by atoms with Gasteiger partial charge in [0, 0.05) is 19.7 Å². The number of rotatable bonds is 9. The van der Waals surface area contributed by atoms with Gasteiger partial charge >= 0.3 is 0 Å². The summed E-state index contributed by atoms with van der Waals surface area (Å²) in [6, 6.07) is 5.69. The molecule has 5 nitrogen and oxygen atoms in total. The zero-order valence-corrected chi connectivity index (χ0v) is 13.2. The molecule has 0 heterocycles.